The average molecular weight is 356 g/mol. The molecule has 1 aliphatic heterocycles. The lowest BCUT2D eigenvalue weighted by Crippen LogP contribution is -2.42. The molecule has 3 amide bonds. The lowest BCUT2D eigenvalue weighted by Gasteiger charge is -2.31. The molecule has 0 spiro atoms. The van der Waals surface area contributed by atoms with Crippen LogP contribution in [-0.4, -0.2) is 37.9 Å². The maximum atomic E-state index is 12.6. The third-order valence-corrected chi connectivity index (χ3v) is 4.30. The lowest BCUT2D eigenvalue weighted by molar-refractivity contribution is -0.138. The molecule has 1 unspecified atom stereocenters. The van der Waals surface area contributed by atoms with E-state index in [-0.39, 0.29) is 24.5 Å². The van der Waals surface area contributed by atoms with Crippen LogP contribution in [0.2, 0.25) is 0 Å². The van der Waals surface area contributed by atoms with Gasteiger partial charge in [0, 0.05) is 12.6 Å². The van der Waals surface area contributed by atoms with Crippen LogP contribution < -0.4 is 10.6 Å². The number of amides is 3. The Labute approximate surface area is 152 Å². The maximum Gasteiger partial charge on any atom is 0.315 e. The molecular formula is C18H24N6O2. The van der Waals surface area contributed by atoms with Crippen LogP contribution in [0, 0.1) is 0 Å². The molecule has 0 bridgehead atoms. The topological polar surface area (TPSA) is 92.2 Å². The van der Waals surface area contributed by atoms with Crippen LogP contribution >= 0.6 is 0 Å². The van der Waals surface area contributed by atoms with E-state index in [0.717, 1.165) is 11.3 Å². The normalized spacial score (nSPS) is 16.5. The van der Waals surface area contributed by atoms with Gasteiger partial charge in [0.25, 0.3) is 0 Å². The zero-order valence-electron chi connectivity index (χ0n) is 15.3. The van der Waals surface area contributed by atoms with Gasteiger partial charge < -0.3 is 15.5 Å². The van der Waals surface area contributed by atoms with Gasteiger partial charge in [-0.25, -0.2) is 9.48 Å². The Hall–Kier alpha value is -2.90. The van der Waals surface area contributed by atoms with Crippen molar-refractivity contribution in [2.75, 3.05) is 0 Å². The predicted octanol–water partition coefficient (Wildman–Crippen LogP) is 1.59. The molecule has 2 aromatic rings. The predicted molar refractivity (Wildman–Crippen MR) is 95.9 cm³/mol. The van der Waals surface area contributed by atoms with Crippen molar-refractivity contribution in [3.8, 4) is 0 Å². The molecule has 1 aromatic carbocycles. The first-order chi connectivity index (χ1) is 12.5. The molecule has 8 nitrogen and oxygen atoms in total. The van der Waals surface area contributed by atoms with E-state index in [4.69, 9.17) is 0 Å². The van der Waals surface area contributed by atoms with Gasteiger partial charge in [-0.15, -0.1) is 5.10 Å². The lowest BCUT2D eigenvalue weighted by atomic mass is 10.1. The van der Waals surface area contributed by atoms with Crippen LogP contribution in [-0.2, 0) is 24.4 Å². The Balaban J connectivity index is 1.73. The SMILES string of the molecule is CC(C)NC(=O)NCc1nnn2c1CN(Cc1ccccc1)C(=O)C2C. The molecule has 0 fully saturated rings. The van der Waals surface area contributed by atoms with Crippen molar-refractivity contribution in [1.29, 1.82) is 0 Å². The van der Waals surface area contributed by atoms with Gasteiger partial charge in [0.2, 0.25) is 5.91 Å². The molecule has 0 saturated heterocycles. The third kappa shape index (κ3) is 3.84. The highest BCUT2D eigenvalue weighted by Gasteiger charge is 2.33. The first-order valence-electron chi connectivity index (χ1n) is 8.75. The van der Waals surface area contributed by atoms with Crippen molar-refractivity contribution in [2.24, 2.45) is 0 Å². The summed E-state index contributed by atoms with van der Waals surface area (Å²) < 4.78 is 1.65. The molecule has 138 valence electrons. The molecule has 8 heteroatoms. The van der Waals surface area contributed by atoms with Crippen molar-refractivity contribution in [1.82, 2.24) is 30.5 Å². The van der Waals surface area contributed by atoms with E-state index in [0.29, 0.717) is 18.8 Å². The van der Waals surface area contributed by atoms with Crippen LogP contribution in [0.15, 0.2) is 30.3 Å². The summed E-state index contributed by atoms with van der Waals surface area (Å²) in [6.45, 7) is 6.85. The quantitative estimate of drug-likeness (QED) is 0.851. The minimum absolute atomic E-state index is 0.0170. The fourth-order valence-electron chi connectivity index (χ4n) is 3.00. The van der Waals surface area contributed by atoms with E-state index in [2.05, 4.69) is 20.9 Å². The first kappa shape index (κ1) is 17.9. The summed E-state index contributed by atoms with van der Waals surface area (Å²) in [5.41, 5.74) is 2.61. The summed E-state index contributed by atoms with van der Waals surface area (Å²) in [5, 5.41) is 13.8. The van der Waals surface area contributed by atoms with E-state index in [1.807, 2.05) is 51.1 Å². The number of fused-ring (bicyclic) bond motifs is 1. The smallest absolute Gasteiger partial charge is 0.315 e. The Morgan fingerprint density at radius 3 is 2.73 bits per heavy atom. The number of hydrogen-bond donors (Lipinski definition) is 2. The molecule has 0 radical (unpaired) electrons. The van der Waals surface area contributed by atoms with Crippen LogP contribution in [0.1, 0.15) is 43.8 Å². The van der Waals surface area contributed by atoms with Gasteiger partial charge in [-0.1, -0.05) is 35.5 Å². The van der Waals surface area contributed by atoms with Crippen molar-refractivity contribution in [3.05, 3.63) is 47.3 Å². The van der Waals surface area contributed by atoms with Gasteiger partial charge >= 0.3 is 6.03 Å². The van der Waals surface area contributed by atoms with Crippen molar-refractivity contribution in [2.45, 2.75) is 52.5 Å². The number of aromatic nitrogens is 3. The standard InChI is InChI=1S/C18H24N6O2/c1-12(2)20-18(26)19-9-15-16-11-23(10-14-7-5-4-6-8-14)17(25)13(3)24(16)22-21-15/h4-8,12-13H,9-11H2,1-3H3,(H2,19,20,26). The van der Waals surface area contributed by atoms with Crippen LogP contribution in [0.25, 0.3) is 0 Å². The fraction of sp³-hybridized carbons (Fsp3) is 0.444. The Bertz CT molecular complexity index is 786. The maximum absolute atomic E-state index is 12.6. The summed E-state index contributed by atoms with van der Waals surface area (Å²) >= 11 is 0. The van der Waals surface area contributed by atoms with Gasteiger partial charge in [-0.3, -0.25) is 4.79 Å². The Kier molecular flexibility index (Phi) is 5.20. The van der Waals surface area contributed by atoms with Gasteiger partial charge in [0.05, 0.1) is 18.8 Å². The molecule has 0 aliphatic carbocycles. The van der Waals surface area contributed by atoms with Gasteiger partial charge in [-0.2, -0.15) is 0 Å². The molecule has 1 atom stereocenters. The number of hydrogen-bond acceptors (Lipinski definition) is 4. The highest BCUT2D eigenvalue weighted by Crippen LogP contribution is 2.24. The number of nitrogens with one attached hydrogen (secondary N) is 2. The summed E-state index contributed by atoms with van der Waals surface area (Å²) in [5.74, 6) is 0.0170. The molecule has 26 heavy (non-hydrogen) atoms. The second kappa shape index (κ2) is 7.55. The summed E-state index contributed by atoms with van der Waals surface area (Å²) in [6.07, 6.45) is 0. The van der Waals surface area contributed by atoms with Crippen LogP contribution in [0.4, 0.5) is 4.79 Å². The Morgan fingerprint density at radius 2 is 2.04 bits per heavy atom. The number of carbonyl (C=O) groups excluding carboxylic acids is 2. The highest BCUT2D eigenvalue weighted by molar-refractivity contribution is 5.81. The number of rotatable bonds is 5. The van der Waals surface area contributed by atoms with E-state index < -0.39 is 6.04 Å². The molecule has 0 saturated carbocycles. The highest BCUT2D eigenvalue weighted by atomic mass is 16.2. The summed E-state index contributed by atoms with van der Waals surface area (Å²) in [6, 6.07) is 9.28. The van der Waals surface area contributed by atoms with Gasteiger partial charge in [0.15, 0.2) is 0 Å². The number of carbonyl (C=O) groups is 2. The monoisotopic (exact) mass is 356 g/mol. The number of benzene rings is 1. The molecule has 1 aliphatic rings. The minimum atomic E-state index is -0.409. The largest absolute Gasteiger partial charge is 0.336 e. The van der Waals surface area contributed by atoms with E-state index >= 15 is 0 Å². The molecule has 3 rings (SSSR count). The number of nitrogens with zero attached hydrogens (tertiary/aromatic N) is 4. The third-order valence-electron chi connectivity index (χ3n) is 4.30. The minimum Gasteiger partial charge on any atom is -0.336 e. The Morgan fingerprint density at radius 1 is 1.31 bits per heavy atom. The van der Waals surface area contributed by atoms with Crippen molar-refractivity contribution >= 4 is 11.9 Å². The zero-order valence-corrected chi connectivity index (χ0v) is 15.3. The average Bonchev–Trinajstić information content (AvgIpc) is 3.01. The first-order valence-corrected chi connectivity index (χ1v) is 8.75. The van der Waals surface area contributed by atoms with Crippen molar-refractivity contribution < 1.29 is 9.59 Å². The van der Waals surface area contributed by atoms with E-state index in [1.165, 1.54) is 0 Å². The molecule has 2 heterocycles. The molecular weight excluding hydrogens is 332 g/mol. The number of urea groups is 1. The summed E-state index contributed by atoms with van der Waals surface area (Å²) in [4.78, 5) is 26.2. The van der Waals surface area contributed by atoms with E-state index in [1.54, 1.807) is 9.58 Å². The van der Waals surface area contributed by atoms with Crippen molar-refractivity contribution in [3.63, 3.8) is 0 Å². The molecule has 1 aromatic heterocycles. The van der Waals surface area contributed by atoms with Crippen LogP contribution in [0.5, 0.6) is 0 Å². The van der Waals surface area contributed by atoms with Gasteiger partial charge in [0.1, 0.15) is 11.7 Å². The summed E-state index contributed by atoms with van der Waals surface area (Å²) in [7, 11) is 0. The second-order valence-corrected chi connectivity index (χ2v) is 6.76. The second-order valence-electron chi connectivity index (χ2n) is 6.76. The molecule has 2 N–H and O–H groups in total. The van der Waals surface area contributed by atoms with Gasteiger partial charge in [-0.05, 0) is 26.3 Å². The zero-order chi connectivity index (χ0) is 18.7. The fourth-order valence-corrected chi connectivity index (χ4v) is 3.00. The van der Waals surface area contributed by atoms with Crippen LogP contribution in [0.3, 0.4) is 0 Å². The van der Waals surface area contributed by atoms with E-state index in [9.17, 15) is 9.59 Å².